The van der Waals surface area contributed by atoms with Gasteiger partial charge in [-0.05, 0) is 76.0 Å². The third-order valence-corrected chi connectivity index (χ3v) is 9.93. The van der Waals surface area contributed by atoms with Gasteiger partial charge in [-0.1, -0.05) is 168 Å². The quantitative estimate of drug-likeness (QED) is 0.0475. The number of rotatable bonds is 36. The maximum atomic E-state index is 9.96. The van der Waals surface area contributed by atoms with Crippen molar-refractivity contribution >= 4 is 0 Å². The summed E-state index contributed by atoms with van der Waals surface area (Å²) in [5, 5.41) is 23.8. The highest BCUT2D eigenvalue weighted by Gasteiger charge is 2.23. The zero-order chi connectivity index (χ0) is 33.1. The summed E-state index contributed by atoms with van der Waals surface area (Å²) in [5.74, 6) is 0.508. The van der Waals surface area contributed by atoms with Crippen LogP contribution in [0.5, 0.6) is 0 Å². The molecule has 3 nitrogen and oxygen atoms in total. The number of allylic oxidation sites excluding steroid dienone is 4. The van der Waals surface area contributed by atoms with Crippen molar-refractivity contribution in [1.82, 2.24) is 5.32 Å². The maximum absolute atomic E-state index is 9.96. The standard InChI is InChI=1S/C42H83NO2/c1-5-7-9-11-13-15-17-19-21-23-25-27-29-31-33-35-41(39(3)37-44)43-42(40(4)38-45)36-34-32-30-28-26-24-22-20-18-16-14-12-10-8-6-2/h19-22,39-45H,5-18,23-38H2,1-4H3/b21-19-,22-20-. The molecule has 3 N–H and O–H groups in total. The van der Waals surface area contributed by atoms with Gasteiger partial charge < -0.3 is 15.5 Å². The summed E-state index contributed by atoms with van der Waals surface area (Å²) in [6.07, 6.45) is 46.4. The first-order valence-corrected chi connectivity index (χ1v) is 20.4. The van der Waals surface area contributed by atoms with E-state index in [1.165, 1.54) is 167 Å². The third-order valence-electron chi connectivity index (χ3n) is 9.93. The molecule has 0 aliphatic rings. The highest BCUT2D eigenvalue weighted by Crippen LogP contribution is 2.20. The molecule has 0 saturated heterocycles. The lowest BCUT2D eigenvalue weighted by Gasteiger charge is -2.32. The predicted molar refractivity (Wildman–Crippen MR) is 202 cm³/mol. The van der Waals surface area contributed by atoms with E-state index in [9.17, 15) is 10.2 Å². The fourth-order valence-electron chi connectivity index (χ4n) is 6.46. The molecule has 45 heavy (non-hydrogen) atoms. The second-order valence-electron chi connectivity index (χ2n) is 14.4. The van der Waals surface area contributed by atoms with E-state index in [1.807, 2.05) is 0 Å². The van der Waals surface area contributed by atoms with Gasteiger partial charge in [-0.2, -0.15) is 0 Å². The van der Waals surface area contributed by atoms with Crippen molar-refractivity contribution in [2.24, 2.45) is 11.8 Å². The second-order valence-corrected chi connectivity index (χ2v) is 14.4. The normalized spacial score (nSPS) is 14.9. The van der Waals surface area contributed by atoms with Crippen molar-refractivity contribution in [1.29, 1.82) is 0 Å². The van der Waals surface area contributed by atoms with Crippen molar-refractivity contribution in [3.63, 3.8) is 0 Å². The molecule has 0 aromatic rings. The van der Waals surface area contributed by atoms with Crippen LogP contribution in [0.2, 0.25) is 0 Å². The average Bonchev–Trinajstić information content (AvgIpc) is 3.06. The first-order chi connectivity index (χ1) is 22.1. The SMILES string of the molecule is CCCCCCCC/C=C\CCCCCCCC(NC(CCCCCCC/C=C\CCCCCCCC)C(C)CO)C(C)CO. The van der Waals surface area contributed by atoms with Crippen molar-refractivity contribution < 1.29 is 10.2 Å². The van der Waals surface area contributed by atoms with Gasteiger partial charge in [0.15, 0.2) is 0 Å². The van der Waals surface area contributed by atoms with E-state index in [0.29, 0.717) is 12.1 Å². The summed E-state index contributed by atoms with van der Waals surface area (Å²) >= 11 is 0. The van der Waals surface area contributed by atoms with Crippen LogP contribution in [0.1, 0.15) is 207 Å². The minimum Gasteiger partial charge on any atom is -0.396 e. The number of unbranched alkanes of at least 4 members (excludes halogenated alkanes) is 22. The molecule has 0 aromatic heterocycles. The molecule has 0 aliphatic heterocycles. The highest BCUT2D eigenvalue weighted by atomic mass is 16.3. The smallest absolute Gasteiger partial charge is 0.0471 e. The number of aliphatic hydroxyl groups is 2. The van der Waals surface area contributed by atoms with E-state index in [0.717, 1.165) is 12.8 Å². The molecule has 0 saturated carbocycles. The van der Waals surface area contributed by atoms with Crippen molar-refractivity contribution in [2.75, 3.05) is 13.2 Å². The molecule has 0 aliphatic carbocycles. The largest absolute Gasteiger partial charge is 0.396 e. The Kier molecular flexibility index (Phi) is 35.7. The zero-order valence-electron chi connectivity index (χ0n) is 31.2. The van der Waals surface area contributed by atoms with Crippen molar-refractivity contribution in [2.45, 2.75) is 220 Å². The minimum atomic E-state index is 0.233. The third kappa shape index (κ3) is 30.4. The van der Waals surface area contributed by atoms with Crippen LogP contribution in [0.3, 0.4) is 0 Å². The van der Waals surface area contributed by atoms with E-state index in [-0.39, 0.29) is 25.0 Å². The van der Waals surface area contributed by atoms with E-state index in [4.69, 9.17) is 0 Å². The van der Waals surface area contributed by atoms with Gasteiger partial charge in [-0.3, -0.25) is 0 Å². The van der Waals surface area contributed by atoms with E-state index in [2.05, 4.69) is 57.3 Å². The summed E-state index contributed by atoms with van der Waals surface area (Å²) in [6, 6.07) is 0.670. The van der Waals surface area contributed by atoms with E-state index < -0.39 is 0 Å². The summed E-state index contributed by atoms with van der Waals surface area (Å²) in [6.45, 7) is 9.39. The first-order valence-electron chi connectivity index (χ1n) is 20.4. The Morgan fingerprint density at radius 3 is 0.956 bits per heavy atom. The Bertz CT molecular complexity index is 566. The lowest BCUT2D eigenvalue weighted by Crippen LogP contribution is -2.46. The van der Waals surface area contributed by atoms with Gasteiger partial charge >= 0.3 is 0 Å². The molecule has 0 heterocycles. The Labute approximate surface area is 283 Å². The molecule has 268 valence electrons. The van der Waals surface area contributed by atoms with Crippen molar-refractivity contribution in [3.05, 3.63) is 24.3 Å². The summed E-state index contributed by atoms with van der Waals surface area (Å²) in [7, 11) is 0. The lowest BCUT2D eigenvalue weighted by atomic mass is 9.91. The van der Waals surface area contributed by atoms with Crippen molar-refractivity contribution in [3.8, 4) is 0 Å². The van der Waals surface area contributed by atoms with Gasteiger partial charge in [0.05, 0.1) is 0 Å². The maximum Gasteiger partial charge on any atom is 0.0471 e. The monoisotopic (exact) mass is 634 g/mol. The number of hydrogen-bond acceptors (Lipinski definition) is 3. The van der Waals surface area contributed by atoms with Gasteiger partial charge in [-0.25, -0.2) is 0 Å². The summed E-state index contributed by atoms with van der Waals surface area (Å²) in [5.41, 5.74) is 0. The van der Waals surface area contributed by atoms with Gasteiger partial charge in [0.2, 0.25) is 0 Å². The van der Waals surface area contributed by atoms with Crippen LogP contribution < -0.4 is 5.32 Å². The predicted octanol–water partition coefficient (Wildman–Crippen LogP) is 12.6. The molecule has 0 spiro atoms. The van der Waals surface area contributed by atoms with Crippen LogP contribution in [-0.4, -0.2) is 35.5 Å². The van der Waals surface area contributed by atoms with E-state index >= 15 is 0 Å². The Hall–Kier alpha value is -0.640. The summed E-state index contributed by atoms with van der Waals surface area (Å²) < 4.78 is 0. The molecule has 0 rings (SSSR count). The molecule has 4 atom stereocenters. The molecular formula is C42H83NO2. The molecule has 0 radical (unpaired) electrons. The van der Waals surface area contributed by atoms with Crippen LogP contribution in [-0.2, 0) is 0 Å². The van der Waals surface area contributed by atoms with Crippen LogP contribution >= 0.6 is 0 Å². The van der Waals surface area contributed by atoms with Gasteiger partial charge in [0.1, 0.15) is 0 Å². The number of hydrogen-bond donors (Lipinski definition) is 3. The fraction of sp³-hybridized carbons (Fsp3) is 0.905. The highest BCUT2D eigenvalue weighted by molar-refractivity contribution is 4.83. The van der Waals surface area contributed by atoms with Crippen LogP contribution in [0, 0.1) is 11.8 Å². The molecule has 0 aromatic carbocycles. The van der Waals surface area contributed by atoms with Crippen LogP contribution in [0.15, 0.2) is 24.3 Å². The Morgan fingerprint density at radius 1 is 0.400 bits per heavy atom. The van der Waals surface area contributed by atoms with Crippen LogP contribution in [0.25, 0.3) is 0 Å². The first kappa shape index (κ1) is 44.4. The summed E-state index contributed by atoms with van der Waals surface area (Å²) in [4.78, 5) is 0. The molecule has 0 bridgehead atoms. The van der Waals surface area contributed by atoms with Gasteiger partial charge in [-0.15, -0.1) is 0 Å². The fourth-order valence-corrected chi connectivity index (χ4v) is 6.46. The lowest BCUT2D eigenvalue weighted by molar-refractivity contribution is 0.151. The van der Waals surface area contributed by atoms with E-state index in [1.54, 1.807) is 0 Å². The zero-order valence-corrected chi connectivity index (χ0v) is 31.2. The van der Waals surface area contributed by atoms with Crippen LogP contribution in [0.4, 0.5) is 0 Å². The second kappa shape index (κ2) is 36.2. The van der Waals surface area contributed by atoms with Gasteiger partial charge in [0, 0.05) is 25.3 Å². The number of nitrogens with one attached hydrogen (secondary N) is 1. The number of aliphatic hydroxyl groups excluding tert-OH is 2. The average molecular weight is 634 g/mol. The minimum absolute atomic E-state index is 0.233. The van der Waals surface area contributed by atoms with Gasteiger partial charge in [0.25, 0.3) is 0 Å². The molecular weight excluding hydrogens is 550 g/mol. The Balaban J connectivity index is 4.07. The topological polar surface area (TPSA) is 52.5 Å². The molecule has 0 amide bonds. The molecule has 4 unspecified atom stereocenters. The Morgan fingerprint density at radius 2 is 0.667 bits per heavy atom. The molecule has 3 heteroatoms. The molecule has 0 fully saturated rings.